The molecule has 27 heavy (non-hydrogen) atoms. The molecule has 1 aromatic heterocycles. The maximum atomic E-state index is 12.9. The molecule has 140 valence electrons. The van der Waals surface area contributed by atoms with E-state index in [1.54, 1.807) is 6.07 Å². The van der Waals surface area contributed by atoms with E-state index >= 15 is 0 Å². The second-order valence-electron chi connectivity index (χ2n) is 6.71. The molecule has 1 fully saturated rings. The van der Waals surface area contributed by atoms with Crippen LogP contribution in [0, 0.1) is 0 Å². The highest BCUT2D eigenvalue weighted by molar-refractivity contribution is 7.13. The van der Waals surface area contributed by atoms with Crippen molar-refractivity contribution in [3.63, 3.8) is 0 Å². The lowest BCUT2D eigenvalue weighted by Gasteiger charge is -2.09. The number of hydrogen-bond acceptors (Lipinski definition) is 4. The molecule has 1 aliphatic carbocycles. The molecular formula is C20H18F3N3S. The molecule has 0 spiro atoms. The van der Waals surface area contributed by atoms with Gasteiger partial charge in [-0.25, -0.2) is 4.98 Å². The Bertz CT molecular complexity index is 934. The van der Waals surface area contributed by atoms with Crippen molar-refractivity contribution in [1.82, 2.24) is 10.3 Å². The summed E-state index contributed by atoms with van der Waals surface area (Å²) >= 11 is 1.43. The van der Waals surface area contributed by atoms with E-state index in [0.29, 0.717) is 29.2 Å². The van der Waals surface area contributed by atoms with Crippen LogP contribution in [0.4, 0.5) is 18.3 Å². The Morgan fingerprint density at radius 1 is 1.11 bits per heavy atom. The van der Waals surface area contributed by atoms with Gasteiger partial charge in [-0.1, -0.05) is 36.4 Å². The van der Waals surface area contributed by atoms with Gasteiger partial charge in [-0.2, -0.15) is 13.2 Å². The molecule has 0 saturated heterocycles. The van der Waals surface area contributed by atoms with E-state index in [1.807, 2.05) is 29.6 Å². The summed E-state index contributed by atoms with van der Waals surface area (Å²) in [4.78, 5) is 4.23. The van der Waals surface area contributed by atoms with Gasteiger partial charge in [0.05, 0.1) is 11.3 Å². The minimum Gasteiger partial charge on any atom is -0.375 e. The molecule has 1 saturated carbocycles. The molecule has 1 aliphatic rings. The summed E-state index contributed by atoms with van der Waals surface area (Å²) in [5.41, 5.74) is 8.50. The van der Waals surface area contributed by atoms with Crippen molar-refractivity contribution in [3.05, 3.63) is 70.7 Å². The lowest BCUT2D eigenvalue weighted by atomic mass is 10.0. The molecule has 3 nitrogen and oxygen atoms in total. The average molecular weight is 389 g/mol. The first-order chi connectivity index (χ1) is 12.9. The van der Waals surface area contributed by atoms with Crippen LogP contribution in [0.25, 0.3) is 11.1 Å². The molecule has 3 N–H and O–H groups in total. The number of aromatic nitrogens is 1. The number of nitrogens with zero attached hydrogens (tertiary/aromatic N) is 1. The molecule has 0 radical (unpaired) electrons. The smallest absolute Gasteiger partial charge is 0.375 e. The minimum atomic E-state index is -4.33. The maximum absolute atomic E-state index is 12.9. The second kappa shape index (κ2) is 6.98. The Kier molecular flexibility index (Phi) is 4.65. The minimum absolute atomic E-state index is 0.396. The van der Waals surface area contributed by atoms with Crippen molar-refractivity contribution in [3.8, 4) is 11.1 Å². The van der Waals surface area contributed by atoms with Crippen molar-refractivity contribution < 1.29 is 13.2 Å². The fourth-order valence-electron chi connectivity index (χ4n) is 3.23. The maximum Gasteiger partial charge on any atom is 0.416 e. The van der Waals surface area contributed by atoms with E-state index < -0.39 is 11.7 Å². The SMILES string of the molecule is Nc1nc(CNC2CC2c2ccc(-c3cccc(C(F)(F)F)c3)cc2)cs1. The van der Waals surface area contributed by atoms with E-state index in [2.05, 4.69) is 10.3 Å². The average Bonchev–Trinajstić information content (AvgIpc) is 3.32. The lowest BCUT2D eigenvalue weighted by Crippen LogP contribution is -2.17. The highest BCUT2D eigenvalue weighted by atomic mass is 32.1. The standard InChI is InChI=1S/C20H18F3N3S/c21-20(22,23)15-3-1-2-14(8-15)12-4-6-13(7-5-12)17-9-18(17)25-10-16-11-27-19(24)26-16/h1-8,11,17-18,25H,9-10H2,(H2,24,26). The van der Waals surface area contributed by atoms with Crippen LogP contribution in [0.15, 0.2) is 53.9 Å². The van der Waals surface area contributed by atoms with Crippen LogP contribution in [0.2, 0.25) is 0 Å². The Hall–Kier alpha value is -2.38. The van der Waals surface area contributed by atoms with Gasteiger partial charge in [0.25, 0.3) is 0 Å². The Balaban J connectivity index is 1.40. The summed E-state index contributed by atoms with van der Waals surface area (Å²) in [5.74, 6) is 0.427. The molecule has 2 aromatic carbocycles. The quantitative estimate of drug-likeness (QED) is 0.642. The summed E-state index contributed by atoms with van der Waals surface area (Å²) in [6.07, 6.45) is -3.28. The fourth-order valence-corrected chi connectivity index (χ4v) is 3.79. The fraction of sp³-hybridized carbons (Fsp3) is 0.250. The highest BCUT2D eigenvalue weighted by Crippen LogP contribution is 2.41. The molecule has 7 heteroatoms. The zero-order valence-corrected chi connectivity index (χ0v) is 15.1. The largest absolute Gasteiger partial charge is 0.416 e. The van der Waals surface area contributed by atoms with Crippen molar-refractivity contribution in [2.24, 2.45) is 0 Å². The van der Waals surface area contributed by atoms with Crippen molar-refractivity contribution in [1.29, 1.82) is 0 Å². The number of halogens is 3. The van der Waals surface area contributed by atoms with Crippen LogP contribution in [-0.4, -0.2) is 11.0 Å². The summed E-state index contributed by atoms with van der Waals surface area (Å²) < 4.78 is 38.7. The number of nitrogens with two attached hydrogens (primary N) is 1. The Labute approximate surface area is 159 Å². The molecule has 2 atom stereocenters. The number of nitrogen functional groups attached to an aromatic ring is 1. The first-order valence-electron chi connectivity index (χ1n) is 8.61. The number of nitrogens with one attached hydrogen (secondary N) is 1. The van der Waals surface area contributed by atoms with Gasteiger partial charge in [-0.15, -0.1) is 11.3 Å². The lowest BCUT2D eigenvalue weighted by molar-refractivity contribution is -0.137. The van der Waals surface area contributed by atoms with E-state index in [1.165, 1.54) is 29.0 Å². The monoisotopic (exact) mass is 389 g/mol. The van der Waals surface area contributed by atoms with E-state index in [9.17, 15) is 13.2 Å². The van der Waals surface area contributed by atoms with Crippen LogP contribution in [0.5, 0.6) is 0 Å². The Morgan fingerprint density at radius 3 is 2.56 bits per heavy atom. The van der Waals surface area contributed by atoms with Gasteiger partial charge < -0.3 is 11.1 Å². The number of hydrogen-bond donors (Lipinski definition) is 2. The third kappa shape index (κ3) is 4.14. The summed E-state index contributed by atoms with van der Waals surface area (Å²) in [6, 6.07) is 13.6. The highest BCUT2D eigenvalue weighted by Gasteiger charge is 2.37. The van der Waals surface area contributed by atoms with Crippen molar-refractivity contribution in [2.75, 3.05) is 5.73 Å². The van der Waals surface area contributed by atoms with Gasteiger partial charge in [0.1, 0.15) is 0 Å². The Morgan fingerprint density at radius 2 is 1.89 bits per heavy atom. The number of alkyl halides is 3. The first kappa shape index (κ1) is 18.0. The van der Waals surface area contributed by atoms with E-state index in [-0.39, 0.29) is 0 Å². The van der Waals surface area contributed by atoms with Crippen LogP contribution >= 0.6 is 11.3 Å². The van der Waals surface area contributed by atoms with Gasteiger partial charge in [-0.05, 0) is 35.2 Å². The third-order valence-electron chi connectivity index (χ3n) is 4.77. The third-order valence-corrected chi connectivity index (χ3v) is 5.49. The predicted octanol–water partition coefficient (Wildman–Crippen LogP) is 5.06. The van der Waals surface area contributed by atoms with Gasteiger partial charge in [0.2, 0.25) is 0 Å². The molecular weight excluding hydrogens is 371 g/mol. The van der Waals surface area contributed by atoms with Gasteiger partial charge >= 0.3 is 6.18 Å². The number of anilines is 1. The topological polar surface area (TPSA) is 50.9 Å². The zero-order valence-electron chi connectivity index (χ0n) is 14.3. The number of rotatable bonds is 5. The van der Waals surface area contributed by atoms with E-state index in [4.69, 9.17) is 5.73 Å². The summed E-state index contributed by atoms with van der Waals surface area (Å²) in [5, 5.41) is 5.99. The van der Waals surface area contributed by atoms with Crippen molar-refractivity contribution >= 4 is 16.5 Å². The van der Waals surface area contributed by atoms with Gasteiger partial charge in [0, 0.05) is 23.9 Å². The van der Waals surface area contributed by atoms with Crippen LogP contribution < -0.4 is 11.1 Å². The summed E-state index contributed by atoms with van der Waals surface area (Å²) in [6.45, 7) is 0.692. The summed E-state index contributed by atoms with van der Waals surface area (Å²) in [7, 11) is 0. The molecule has 1 heterocycles. The van der Waals surface area contributed by atoms with E-state index in [0.717, 1.165) is 23.7 Å². The van der Waals surface area contributed by atoms with Gasteiger partial charge in [0.15, 0.2) is 5.13 Å². The number of benzene rings is 2. The number of thiazole rings is 1. The van der Waals surface area contributed by atoms with Crippen LogP contribution in [-0.2, 0) is 12.7 Å². The van der Waals surface area contributed by atoms with Crippen LogP contribution in [0.3, 0.4) is 0 Å². The molecule has 0 aliphatic heterocycles. The van der Waals surface area contributed by atoms with Crippen molar-refractivity contribution in [2.45, 2.75) is 31.1 Å². The zero-order chi connectivity index (χ0) is 19.0. The van der Waals surface area contributed by atoms with Crippen LogP contribution in [0.1, 0.15) is 29.2 Å². The molecule has 0 amide bonds. The molecule has 2 unspecified atom stereocenters. The molecule has 4 rings (SSSR count). The second-order valence-corrected chi connectivity index (χ2v) is 7.60. The molecule has 0 bridgehead atoms. The predicted molar refractivity (Wildman–Crippen MR) is 101 cm³/mol. The first-order valence-corrected chi connectivity index (χ1v) is 9.49. The van der Waals surface area contributed by atoms with Gasteiger partial charge in [-0.3, -0.25) is 0 Å². The molecule has 3 aromatic rings. The normalized spacial score (nSPS) is 19.2.